The summed E-state index contributed by atoms with van der Waals surface area (Å²) in [5, 5.41) is 0. The van der Waals surface area contributed by atoms with Crippen molar-refractivity contribution in [3.05, 3.63) is 0 Å². The third-order valence-corrected chi connectivity index (χ3v) is 2.92. The molecule has 0 aliphatic rings. The zero-order valence-corrected chi connectivity index (χ0v) is 13.7. The Morgan fingerprint density at radius 3 is 2.00 bits per heavy atom. The van der Waals surface area contributed by atoms with Gasteiger partial charge in [0.05, 0.1) is 39.1 Å². The number of rotatable bonds is 15. The van der Waals surface area contributed by atoms with Crippen LogP contribution in [0.4, 0.5) is 0 Å². The van der Waals surface area contributed by atoms with Gasteiger partial charge < -0.3 is 23.8 Å². The highest BCUT2D eigenvalue weighted by Gasteiger charge is 2.14. The SMILES string of the molecule is CCCN(CCC)CC(COCCOC)OCCOC. The second-order valence-electron chi connectivity index (χ2n) is 4.85. The van der Waals surface area contributed by atoms with E-state index in [-0.39, 0.29) is 6.10 Å². The van der Waals surface area contributed by atoms with E-state index in [1.54, 1.807) is 14.2 Å². The maximum absolute atomic E-state index is 5.85. The topological polar surface area (TPSA) is 40.2 Å². The van der Waals surface area contributed by atoms with E-state index in [9.17, 15) is 0 Å². The van der Waals surface area contributed by atoms with Crippen LogP contribution in [0.25, 0.3) is 0 Å². The summed E-state index contributed by atoms with van der Waals surface area (Å²) in [5.74, 6) is 0. The quantitative estimate of drug-likeness (QED) is 0.430. The summed E-state index contributed by atoms with van der Waals surface area (Å²) < 4.78 is 21.5. The highest BCUT2D eigenvalue weighted by Crippen LogP contribution is 2.02. The number of ether oxygens (including phenoxy) is 4. The third-order valence-electron chi connectivity index (χ3n) is 2.92. The van der Waals surface area contributed by atoms with Crippen molar-refractivity contribution < 1.29 is 18.9 Å². The van der Waals surface area contributed by atoms with Gasteiger partial charge in [-0.15, -0.1) is 0 Å². The van der Waals surface area contributed by atoms with Crippen LogP contribution >= 0.6 is 0 Å². The summed E-state index contributed by atoms with van der Waals surface area (Å²) >= 11 is 0. The summed E-state index contributed by atoms with van der Waals surface area (Å²) in [7, 11) is 3.37. The summed E-state index contributed by atoms with van der Waals surface area (Å²) in [4.78, 5) is 2.44. The fraction of sp³-hybridized carbons (Fsp3) is 1.00. The van der Waals surface area contributed by atoms with Gasteiger partial charge in [-0.25, -0.2) is 0 Å². The lowest BCUT2D eigenvalue weighted by atomic mass is 10.3. The molecule has 5 nitrogen and oxygen atoms in total. The molecule has 0 spiro atoms. The van der Waals surface area contributed by atoms with Gasteiger partial charge in [-0.05, 0) is 25.9 Å². The summed E-state index contributed by atoms with van der Waals surface area (Å²) in [5.41, 5.74) is 0. The average Bonchev–Trinajstić information content (AvgIpc) is 2.44. The smallest absolute Gasteiger partial charge is 0.0936 e. The van der Waals surface area contributed by atoms with Gasteiger partial charge in [-0.1, -0.05) is 13.8 Å². The van der Waals surface area contributed by atoms with E-state index >= 15 is 0 Å². The van der Waals surface area contributed by atoms with Crippen LogP contribution in [0.5, 0.6) is 0 Å². The first kappa shape index (κ1) is 19.8. The average molecular weight is 291 g/mol. The van der Waals surface area contributed by atoms with Gasteiger partial charge in [0, 0.05) is 20.8 Å². The van der Waals surface area contributed by atoms with Gasteiger partial charge in [0.1, 0.15) is 0 Å². The molecule has 1 atom stereocenters. The Bertz CT molecular complexity index is 187. The molecule has 20 heavy (non-hydrogen) atoms. The van der Waals surface area contributed by atoms with Crippen molar-refractivity contribution in [1.82, 2.24) is 4.90 Å². The molecule has 5 heteroatoms. The van der Waals surface area contributed by atoms with Gasteiger partial charge in [0.15, 0.2) is 0 Å². The Kier molecular flexibility index (Phi) is 15.0. The van der Waals surface area contributed by atoms with E-state index < -0.39 is 0 Å². The van der Waals surface area contributed by atoms with Crippen molar-refractivity contribution in [1.29, 1.82) is 0 Å². The molecule has 0 saturated carbocycles. The Morgan fingerprint density at radius 2 is 1.45 bits per heavy atom. The third kappa shape index (κ3) is 11.6. The maximum Gasteiger partial charge on any atom is 0.0936 e. The summed E-state index contributed by atoms with van der Waals surface area (Å²) in [6, 6.07) is 0. The second-order valence-corrected chi connectivity index (χ2v) is 4.85. The van der Waals surface area contributed by atoms with Gasteiger partial charge in [-0.3, -0.25) is 0 Å². The second kappa shape index (κ2) is 15.2. The van der Waals surface area contributed by atoms with Gasteiger partial charge >= 0.3 is 0 Å². The predicted molar refractivity (Wildman–Crippen MR) is 81.3 cm³/mol. The van der Waals surface area contributed by atoms with E-state index in [0.29, 0.717) is 33.0 Å². The van der Waals surface area contributed by atoms with Crippen LogP contribution < -0.4 is 0 Å². The standard InChI is InChI=1S/C15H33NO4/c1-5-7-16(8-6-2)13-15(20-12-10-18-4)14-19-11-9-17-3/h15H,5-14H2,1-4H3. The fourth-order valence-electron chi connectivity index (χ4n) is 2.02. The first-order chi connectivity index (χ1) is 9.78. The molecule has 0 N–H and O–H groups in total. The van der Waals surface area contributed by atoms with Crippen LogP contribution in [0.15, 0.2) is 0 Å². The van der Waals surface area contributed by atoms with E-state index in [2.05, 4.69) is 18.7 Å². The van der Waals surface area contributed by atoms with Crippen molar-refractivity contribution in [3.63, 3.8) is 0 Å². The monoisotopic (exact) mass is 291 g/mol. The van der Waals surface area contributed by atoms with E-state index in [1.807, 2.05) is 0 Å². The van der Waals surface area contributed by atoms with Crippen molar-refractivity contribution >= 4 is 0 Å². The number of methoxy groups -OCH3 is 2. The Morgan fingerprint density at radius 1 is 0.850 bits per heavy atom. The van der Waals surface area contributed by atoms with Crippen LogP contribution in [0, 0.1) is 0 Å². The zero-order valence-electron chi connectivity index (χ0n) is 13.7. The molecule has 0 bridgehead atoms. The molecule has 0 aliphatic carbocycles. The van der Waals surface area contributed by atoms with Crippen LogP contribution in [0.1, 0.15) is 26.7 Å². The first-order valence-corrected chi connectivity index (χ1v) is 7.67. The molecule has 0 aliphatic heterocycles. The Balaban J connectivity index is 4.10. The van der Waals surface area contributed by atoms with Crippen molar-refractivity contribution in [3.8, 4) is 0 Å². The minimum atomic E-state index is 0.0973. The van der Waals surface area contributed by atoms with Gasteiger partial charge in [0.25, 0.3) is 0 Å². The predicted octanol–water partition coefficient (Wildman–Crippen LogP) is 1.80. The summed E-state index contributed by atoms with van der Waals surface area (Å²) in [6.07, 6.45) is 2.42. The molecule has 0 aromatic carbocycles. The van der Waals surface area contributed by atoms with Crippen LogP contribution in [-0.2, 0) is 18.9 Å². The lowest BCUT2D eigenvalue weighted by molar-refractivity contribution is -0.0523. The number of hydrogen-bond donors (Lipinski definition) is 0. The molecule has 0 heterocycles. The number of hydrogen-bond acceptors (Lipinski definition) is 5. The Hall–Kier alpha value is -0.200. The lowest BCUT2D eigenvalue weighted by Crippen LogP contribution is -2.38. The van der Waals surface area contributed by atoms with Crippen molar-refractivity contribution in [2.45, 2.75) is 32.8 Å². The highest BCUT2D eigenvalue weighted by molar-refractivity contribution is 4.66. The molecule has 0 saturated heterocycles. The fourth-order valence-corrected chi connectivity index (χ4v) is 2.02. The van der Waals surface area contributed by atoms with E-state index in [0.717, 1.165) is 32.5 Å². The highest BCUT2D eigenvalue weighted by atomic mass is 16.6. The van der Waals surface area contributed by atoms with Crippen molar-refractivity contribution in [2.75, 3.05) is 66.9 Å². The number of nitrogens with zero attached hydrogens (tertiary/aromatic N) is 1. The molecule has 0 aromatic rings. The first-order valence-electron chi connectivity index (χ1n) is 7.67. The lowest BCUT2D eigenvalue weighted by Gasteiger charge is -2.27. The van der Waals surface area contributed by atoms with E-state index in [1.165, 1.54) is 0 Å². The molecular formula is C15H33NO4. The van der Waals surface area contributed by atoms with Crippen LogP contribution in [0.2, 0.25) is 0 Å². The maximum atomic E-state index is 5.85. The largest absolute Gasteiger partial charge is 0.382 e. The minimum absolute atomic E-state index is 0.0973. The molecular weight excluding hydrogens is 258 g/mol. The van der Waals surface area contributed by atoms with E-state index in [4.69, 9.17) is 18.9 Å². The normalized spacial score (nSPS) is 13.1. The minimum Gasteiger partial charge on any atom is -0.382 e. The molecule has 1 unspecified atom stereocenters. The van der Waals surface area contributed by atoms with Crippen molar-refractivity contribution in [2.24, 2.45) is 0 Å². The molecule has 0 rings (SSSR count). The summed E-state index contributed by atoms with van der Waals surface area (Å²) in [6.45, 7) is 10.6. The molecule has 0 aromatic heterocycles. The van der Waals surface area contributed by atoms with Crippen LogP contribution in [-0.4, -0.2) is 77.9 Å². The molecule has 0 radical (unpaired) electrons. The molecule has 0 amide bonds. The molecule has 0 fully saturated rings. The van der Waals surface area contributed by atoms with Gasteiger partial charge in [0.2, 0.25) is 0 Å². The van der Waals surface area contributed by atoms with Gasteiger partial charge in [-0.2, -0.15) is 0 Å². The zero-order chi connectivity index (χ0) is 15.1. The molecule has 122 valence electrons. The van der Waals surface area contributed by atoms with Crippen LogP contribution in [0.3, 0.4) is 0 Å². The Labute approximate surface area is 124 Å².